The Labute approximate surface area is 171 Å². The summed E-state index contributed by atoms with van der Waals surface area (Å²) in [4.78, 5) is 26.9. The van der Waals surface area contributed by atoms with Crippen LogP contribution in [0.4, 0.5) is 13.2 Å². The summed E-state index contributed by atoms with van der Waals surface area (Å²) in [6.07, 6.45) is -4.59. The monoisotopic (exact) mass is 428 g/mol. The number of halogens is 4. The molecular weight excluding hydrogens is 409 g/mol. The number of nitrogens with zero attached hydrogens (tertiary/aromatic N) is 3. The normalized spacial score (nSPS) is 21.0. The van der Waals surface area contributed by atoms with Gasteiger partial charge in [0.1, 0.15) is 0 Å². The van der Waals surface area contributed by atoms with E-state index in [4.69, 9.17) is 0 Å². The number of hydrogen-bond donors (Lipinski definition) is 1. The average molecular weight is 429 g/mol. The maximum absolute atomic E-state index is 13.4. The summed E-state index contributed by atoms with van der Waals surface area (Å²) in [5.74, 6) is 0.141. The third-order valence-electron chi connectivity index (χ3n) is 5.42. The number of aromatic nitrogens is 2. The molecule has 2 fully saturated rings. The molecule has 0 aliphatic carbocycles. The number of nitrogens with one attached hydrogen (secondary N) is 1. The lowest BCUT2D eigenvalue weighted by atomic mass is 10.0. The maximum atomic E-state index is 13.4. The third-order valence-corrected chi connectivity index (χ3v) is 5.42. The van der Waals surface area contributed by atoms with Gasteiger partial charge in [0.2, 0.25) is 5.43 Å². The van der Waals surface area contributed by atoms with Crippen LogP contribution in [0.2, 0.25) is 0 Å². The van der Waals surface area contributed by atoms with E-state index in [1.165, 1.54) is 25.1 Å². The largest absolute Gasteiger partial charge is 0.418 e. The van der Waals surface area contributed by atoms with Crippen molar-refractivity contribution in [3.05, 3.63) is 57.5 Å². The first-order valence-corrected chi connectivity index (χ1v) is 9.03. The molecule has 156 valence electrons. The molecule has 2 saturated heterocycles. The van der Waals surface area contributed by atoms with Crippen molar-refractivity contribution in [3.8, 4) is 5.69 Å². The lowest BCUT2D eigenvalue weighted by Gasteiger charge is -2.19. The number of carbonyl (C=O) groups excluding carboxylic acids is 1. The minimum absolute atomic E-state index is 0. The highest BCUT2D eigenvalue weighted by atomic mass is 35.5. The van der Waals surface area contributed by atoms with E-state index in [9.17, 15) is 22.8 Å². The predicted octanol–water partition coefficient (Wildman–Crippen LogP) is 2.27. The average Bonchev–Trinajstić information content (AvgIpc) is 3.22. The second kappa shape index (κ2) is 7.79. The number of amides is 1. The maximum Gasteiger partial charge on any atom is 0.418 e. The van der Waals surface area contributed by atoms with Gasteiger partial charge in [0.15, 0.2) is 5.69 Å². The highest BCUT2D eigenvalue weighted by molar-refractivity contribution is 5.92. The molecule has 1 aromatic carbocycles. The van der Waals surface area contributed by atoms with Gasteiger partial charge < -0.3 is 10.2 Å². The second-order valence-corrected chi connectivity index (χ2v) is 7.31. The second-order valence-electron chi connectivity index (χ2n) is 7.31. The molecule has 2 aliphatic rings. The summed E-state index contributed by atoms with van der Waals surface area (Å²) in [5.41, 5.74) is -1.81. The van der Waals surface area contributed by atoms with Crippen LogP contribution in [0.15, 0.2) is 35.1 Å². The number of rotatable bonds is 2. The van der Waals surface area contributed by atoms with E-state index < -0.39 is 23.1 Å². The summed E-state index contributed by atoms with van der Waals surface area (Å²) in [7, 11) is 0. The zero-order chi connectivity index (χ0) is 20.1. The number of alkyl halides is 3. The van der Waals surface area contributed by atoms with Crippen LogP contribution in [0, 0.1) is 18.8 Å². The topological polar surface area (TPSA) is 67.2 Å². The Balaban J connectivity index is 0.00000240. The molecule has 1 aromatic heterocycles. The molecule has 0 saturated carbocycles. The summed E-state index contributed by atoms with van der Waals surface area (Å²) < 4.78 is 41.2. The number of fused-ring (bicyclic) bond motifs is 1. The van der Waals surface area contributed by atoms with Crippen molar-refractivity contribution < 1.29 is 18.0 Å². The molecule has 6 nitrogen and oxygen atoms in total. The fourth-order valence-corrected chi connectivity index (χ4v) is 4.01. The SMILES string of the molecule is Cc1cc(=O)c(C(=O)N2C[C@H]3CNC[C@H]3C2)nn1-c1ccccc1C(F)(F)F.Cl. The van der Waals surface area contributed by atoms with Gasteiger partial charge in [0.25, 0.3) is 5.91 Å². The first-order valence-electron chi connectivity index (χ1n) is 9.03. The van der Waals surface area contributed by atoms with Crippen molar-refractivity contribution in [1.82, 2.24) is 20.0 Å². The molecule has 1 amide bonds. The fourth-order valence-electron chi connectivity index (χ4n) is 4.01. The Morgan fingerprint density at radius 1 is 1.17 bits per heavy atom. The number of para-hydroxylation sites is 1. The first-order chi connectivity index (χ1) is 13.3. The Hall–Kier alpha value is -2.39. The summed E-state index contributed by atoms with van der Waals surface area (Å²) >= 11 is 0. The molecule has 3 heterocycles. The van der Waals surface area contributed by atoms with Gasteiger partial charge in [0.05, 0.1) is 11.3 Å². The lowest BCUT2D eigenvalue weighted by Crippen LogP contribution is -2.36. The van der Waals surface area contributed by atoms with Gasteiger partial charge in [-0.15, -0.1) is 12.4 Å². The number of likely N-dealkylation sites (tertiary alicyclic amines) is 1. The Bertz CT molecular complexity index is 980. The van der Waals surface area contributed by atoms with Crippen LogP contribution in [0.3, 0.4) is 0 Å². The molecule has 2 aromatic rings. The van der Waals surface area contributed by atoms with Gasteiger partial charge in [-0.1, -0.05) is 12.1 Å². The van der Waals surface area contributed by atoms with E-state index in [-0.39, 0.29) is 29.5 Å². The predicted molar refractivity (Wildman–Crippen MR) is 103 cm³/mol. The smallest absolute Gasteiger partial charge is 0.336 e. The van der Waals surface area contributed by atoms with E-state index in [1.54, 1.807) is 4.90 Å². The summed E-state index contributed by atoms with van der Waals surface area (Å²) in [5, 5.41) is 7.32. The minimum atomic E-state index is -4.59. The molecule has 2 atom stereocenters. The zero-order valence-corrected chi connectivity index (χ0v) is 16.4. The summed E-state index contributed by atoms with van der Waals surface area (Å²) in [6, 6.07) is 6.12. The Kier molecular flexibility index (Phi) is 5.73. The van der Waals surface area contributed by atoms with Crippen molar-refractivity contribution in [2.45, 2.75) is 13.1 Å². The number of aryl methyl sites for hydroxylation is 1. The van der Waals surface area contributed by atoms with Gasteiger partial charge >= 0.3 is 6.18 Å². The van der Waals surface area contributed by atoms with Crippen LogP contribution in [0.5, 0.6) is 0 Å². The van der Waals surface area contributed by atoms with Gasteiger partial charge in [-0.2, -0.15) is 18.3 Å². The van der Waals surface area contributed by atoms with Crippen LogP contribution in [0.1, 0.15) is 21.7 Å². The first kappa shape index (κ1) is 21.3. The molecule has 1 N–H and O–H groups in total. The van der Waals surface area contributed by atoms with Crippen molar-refractivity contribution in [3.63, 3.8) is 0 Å². The highest BCUT2D eigenvalue weighted by Crippen LogP contribution is 2.33. The van der Waals surface area contributed by atoms with E-state index >= 15 is 0 Å². The van der Waals surface area contributed by atoms with E-state index in [0.29, 0.717) is 24.9 Å². The molecule has 0 spiro atoms. The standard InChI is InChI=1S/C19H19F3N4O2.ClH/c1-11-6-16(27)17(18(28)25-9-12-7-23-8-13(12)10-25)24-26(11)15-5-3-2-4-14(15)19(20,21)22;/h2-6,12-13,23H,7-10H2,1H3;1H/t12-,13+;. The van der Waals surface area contributed by atoms with Crippen LogP contribution in [0.25, 0.3) is 5.69 Å². The number of benzene rings is 1. The van der Waals surface area contributed by atoms with Gasteiger partial charge in [-0.05, 0) is 30.9 Å². The molecule has 0 radical (unpaired) electrons. The van der Waals surface area contributed by atoms with Gasteiger partial charge in [0, 0.05) is 37.9 Å². The molecule has 2 aliphatic heterocycles. The van der Waals surface area contributed by atoms with Crippen LogP contribution < -0.4 is 10.7 Å². The minimum Gasteiger partial charge on any atom is -0.336 e. The van der Waals surface area contributed by atoms with E-state index in [1.807, 2.05) is 0 Å². The fraction of sp³-hybridized carbons (Fsp3) is 0.421. The molecule has 4 rings (SSSR count). The Morgan fingerprint density at radius 2 is 1.79 bits per heavy atom. The van der Waals surface area contributed by atoms with Crippen molar-refractivity contribution in [2.75, 3.05) is 26.2 Å². The summed E-state index contributed by atoms with van der Waals surface area (Å²) in [6.45, 7) is 4.16. The van der Waals surface area contributed by atoms with Crippen molar-refractivity contribution in [1.29, 1.82) is 0 Å². The number of carbonyl (C=O) groups is 1. The van der Waals surface area contributed by atoms with E-state index in [0.717, 1.165) is 29.9 Å². The van der Waals surface area contributed by atoms with Crippen LogP contribution in [-0.2, 0) is 6.18 Å². The Morgan fingerprint density at radius 3 is 2.41 bits per heavy atom. The van der Waals surface area contributed by atoms with Gasteiger partial charge in [-0.3, -0.25) is 9.59 Å². The third kappa shape index (κ3) is 3.89. The highest BCUT2D eigenvalue weighted by Gasteiger charge is 2.39. The van der Waals surface area contributed by atoms with Crippen LogP contribution >= 0.6 is 12.4 Å². The van der Waals surface area contributed by atoms with Crippen molar-refractivity contribution in [2.24, 2.45) is 11.8 Å². The zero-order valence-electron chi connectivity index (χ0n) is 15.6. The molecular formula is C19H20ClF3N4O2. The molecule has 10 heteroatoms. The van der Waals surface area contributed by atoms with Crippen molar-refractivity contribution >= 4 is 18.3 Å². The number of hydrogen-bond acceptors (Lipinski definition) is 4. The quantitative estimate of drug-likeness (QED) is 0.797. The van der Waals surface area contributed by atoms with Crippen LogP contribution in [-0.4, -0.2) is 46.8 Å². The molecule has 0 bridgehead atoms. The van der Waals surface area contributed by atoms with Gasteiger partial charge in [-0.25, -0.2) is 4.68 Å². The lowest BCUT2D eigenvalue weighted by molar-refractivity contribution is -0.137. The van der Waals surface area contributed by atoms with E-state index in [2.05, 4.69) is 10.4 Å². The molecule has 29 heavy (non-hydrogen) atoms. The molecule has 0 unspecified atom stereocenters.